The van der Waals surface area contributed by atoms with Crippen LogP contribution in [0.1, 0.15) is 19.3 Å². The van der Waals surface area contributed by atoms with E-state index in [1.165, 1.54) is 0 Å². The lowest BCUT2D eigenvalue weighted by atomic mass is 9.77. The number of amides is 2. The minimum absolute atomic E-state index is 0.0608. The second-order valence-electron chi connectivity index (χ2n) is 8.93. The summed E-state index contributed by atoms with van der Waals surface area (Å²) in [4.78, 5) is 29.8. The van der Waals surface area contributed by atoms with Crippen molar-refractivity contribution in [3.8, 4) is 11.5 Å². The van der Waals surface area contributed by atoms with Crippen LogP contribution in [-0.4, -0.2) is 74.2 Å². The monoisotopic (exact) mass is 486 g/mol. The minimum atomic E-state index is -0.459. The maximum atomic E-state index is 13.2. The zero-order valence-corrected chi connectivity index (χ0v) is 20.0. The van der Waals surface area contributed by atoms with Gasteiger partial charge in [-0.25, -0.2) is 0 Å². The highest BCUT2D eigenvalue weighted by molar-refractivity contribution is 6.30. The third-order valence-corrected chi connectivity index (χ3v) is 6.62. The van der Waals surface area contributed by atoms with E-state index in [9.17, 15) is 9.59 Å². The van der Waals surface area contributed by atoms with Gasteiger partial charge in [-0.1, -0.05) is 29.8 Å². The number of halogens is 1. The SMILES string of the molecule is O=C(C[C@@]1(COc2ccccc2)CCCN(C(=O)COc2ccc(Cl)cc2)C1)N1CCOCC1. The first-order valence-corrected chi connectivity index (χ1v) is 12.1. The predicted molar refractivity (Wildman–Crippen MR) is 129 cm³/mol. The molecule has 0 bridgehead atoms. The van der Waals surface area contributed by atoms with Gasteiger partial charge in [0, 0.05) is 43.0 Å². The Labute approximate surface area is 205 Å². The van der Waals surface area contributed by atoms with Crippen molar-refractivity contribution in [2.45, 2.75) is 19.3 Å². The summed E-state index contributed by atoms with van der Waals surface area (Å²) >= 11 is 5.92. The molecular formula is C26H31ClN2O5. The molecule has 2 aliphatic heterocycles. The fourth-order valence-corrected chi connectivity index (χ4v) is 4.63. The molecule has 0 aliphatic carbocycles. The molecule has 2 aromatic rings. The quantitative estimate of drug-likeness (QED) is 0.569. The summed E-state index contributed by atoms with van der Waals surface area (Å²) in [5, 5.41) is 0.614. The van der Waals surface area contributed by atoms with Gasteiger partial charge in [0.2, 0.25) is 5.91 Å². The number of hydrogen-bond acceptors (Lipinski definition) is 5. The van der Waals surface area contributed by atoms with Gasteiger partial charge in [0.15, 0.2) is 6.61 Å². The average Bonchev–Trinajstić information content (AvgIpc) is 2.88. The van der Waals surface area contributed by atoms with Crippen LogP contribution in [0.15, 0.2) is 54.6 Å². The summed E-state index contributed by atoms with van der Waals surface area (Å²) in [5.41, 5.74) is -0.459. The van der Waals surface area contributed by atoms with Crippen LogP contribution in [0.2, 0.25) is 5.02 Å². The number of piperidine rings is 1. The number of rotatable bonds is 8. The van der Waals surface area contributed by atoms with E-state index in [-0.39, 0.29) is 18.4 Å². The number of carbonyl (C=O) groups excluding carboxylic acids is 2. The van der Waals surface area contributed by atoms with E-state index in [2.05, 4.69) is 0 Å². The van der Waals surface area contributed by atoms with Crippen molar-refractivity contribution in [3.63, 3.8) is 0 Å². The van der Waals surface area contributed by atoms with Gasteiger partial charge in [-0.15, -0.1) is 0 Å². The number of morpholine rings is 1. The fourth-order valence-electron chi connectivity index (χ4n) is 4.50. The van der Waals surface area contributed by atoms with Crippen molar-refractivity contribution in [3.05, 3.63) is 59.6 Å². The number of likely N-dealkylation sites (tertiary alicyclic amines) is 1. The van der Waals surface area contributed by atoms with Crippen LogP contribution in [0.25, 0.3) is 0 Å². The van der Waals surface area contributed by atoms with Crippen LogP contribution >= 0.6 is 11.6 Å². The molecule has 2 fully saturated rings. The van der Waals surface area contributed by atoms with Gasteiger partial charge >= 0.3 is 0 Å². The number of ether oxygens (including phenoxy) is 3. The molecule has 34 heavy (non-hydrogen) atoms. The molecule has 7 nitrogen and oxygen atoms in total. The molecule has 0 N–H and O–H groups in total. The first-order valence-electron chi connectivity index (χ1n) is 11.7. The molecule has 0 spiro atoms. The van der Waals surface area contributed by atoms with E-state index < -0.39 is 5.41 Å². The predicted octanol–water partition coefficient (Wildman–Crippen LogP) is 3.66. The van der Waals surface area contributed by atoms with E-state index in [0.717, 1.165) is 18.6 Å². The van der Waals surface area contributed by atoms with E-state index in [0.29, 0.717) is 63.2 Å². The maximum absolute atomic E-state index is 13.2. The Morgan fingerprint density at radius 2 is 1.59 bits per heavy atom. The smallest absolute Gasteiger partial charge is 0.260 e. The van der Waals surface area contributed by atoms with Gasteiger partial charge in [0.25, 0.3) is 5.91 Å². The largest absolute Gasteiger partial charge is 0.493 e. The number of carbonyl (C=O) groups is 2. The van der Waals surface area contributed by atoms with Gasteiger partial charge in [-0.05, 0) is 49.2 Å². The second-order valence-corrected chi connectivity index (χ2v) is 9.37. The first kappa shape index (κ1) is 24.4. The Hall–Kier alpha value is -2.77. The normalized spacial score (nSPS) is 20.6. The summed E-state index contributed by atoms with van der Waals surface area (Å²) in [6.07, 6.45) is 1.96. The van der Waals surface area contributed by atoms with Gasteiger partial charge in [-0.3, -0.25) is 9.59 Å². The molecule has 2 saturated heterocycles. The third kappa shape index (κ3) is 6.64. The second kappa shape index (κ2) is 11.6. The minimum Gasteiger partial charge on any atom is -0.493 e. The highest BCUT2D eigenvalue weighted by Gasteiger charge is 2.41. The molecule has 0 radical (unpaired) electrons. The first-order chi connectivity index (χ1) is 16.5. The summed E-state index contributed by atoms with van der Waals surface area (Å²) in [6.45, 7) is 3.74. The molecule has 0 aromatic heterocycles. The van der Waals surface area contributed by atoms with Crippen molar-refractivity contribution in [2.24, 2.45) is 5.41 Å². The molecule has 1 atom stereocenters. The van der Waals surface area contributed by atoms with Crippen LogP contribution in [-0.2, 0) is 14.3 Å². The number of para-hydroxylation sites is 1. The van der Waals surface area contributed by atoms with Crippen molar-refractivity contribution < 1.29 is 23.8 Å². The average molecular weight is 487 g/mol. The van der Waals surface area contributed by atoms with E-state index >= 15 is 0 Å². The lowest BCUT2D eigenvalue weighted by Crippen LogP contribution is -2.52. The summed E-state index contributed by atoms with van der Waals surface area (Å²) in [6, 6.07) is 16.5. The fraction of sp³-hybridized carbons (Fsp3) is 0.462. The third-order valence-electron chi connectivity index (χ3n) is 6.37. The zero-order valence-electron chi connectivity index (χ0n) is 19.3. The standard InChI is InChI=1S/C26H31ClN2O5/c27-21-7-9-23(10-8-21)33-18-25(31)29-12-4-11-26(19-29,20-34-22-5-2-1-3-6-22)17-24(30)28-13-15-32-16-14-28/h1-3,5-10H,4,11-20H2/t26-/m0/s1. The number of hydrogen-bond donors (Lipinski definition) is 0. The van der Waals surface area contributed by atoms with Crippen molar-refractivity contribution in [1.82, 2.24) is 9.80 Å². The summed E-state index contributed by atoms with van der Waals surface area (Å²) in [5.74, 6) is 1.34. The molecule has 4 rings (SSSR count). The van der Waals surface area contributed by atoms with Crippen molar-refractivity contribution in [2.75, 3.05) is 52.6 Å². The molecule has 8 heteroatoms. The Morgan fingerprint density at radius 1 is 0.882 bits per heavy atom. The van der Waals surface area contributed by atoms with Crippen LogP contribution in [0.3, 0.4) is 0 Å². The molecule has 2 heterocycles. The molecule has 182 valence electrons. The topological polar surface area (TPSA) is 68.3 Å². The van der Waals surface area contributed by atoms with E-state index in [1.807, 2.05) is 35.2 Å². The van der Waals surface area contributed by atoms with Crippen LogP contribution in [0.4, 0.5) is 0 Å². The molecule has 0 unspecified atom stereocenters. The Morgan fingerprint density at radius 3 is 2.32 bits per heavy atom. The van der Waals surface area contributed by atoms with Gasteiger partial charge in [0.1, 0.15) is 11.5 Å². The lowest BCUT2D eigenvalue weighted by Gasteiger charge is -2.43. The molecule has 2 aliphatic rings. The Bertz CT molecular complexity index is 949. The summed E-state index contributed by atoms with van der Waals surface area (Å²) in [7, 11) is 0. The molecule has 0 saturated carbocycles. The van der Waals surface area contributed by atoms with E-state index in [1.54, 1.807) is 29.2 Å². The lowest BCUT2D eigenvalue weighted by molar-refractivity contribution is -0.144. The number of nitrogens with zero attached hydrogens (tertiary/aromatic N) is 2. The van der Waals surface area contributed by atoms with Crippen LogP contribution < -0.4 is 9.47 Å². The highest BCUT2D eigenvalue weighted by atomic mass is 35.5. The molecule has 2 amide bonds. The maximum Gasteiger partial charge on any atom is 0.260 e. The van der Waals surface area contributed by atoms with Crippen molar-refractivity contribution >= 4 is 23.4 Å². The van der Waals surface area contributed by atoms with Crippen molar-refractivity contribution in [1.29, 1.82) is 0 Å². The highest BCUT2D eigenvalue weighted by Crippen LogP contribution is 2.35. The Kier molecular flexibility index (Phi) is 8.29. The van der Waals surface area contributed by atoms with Gasteiger partial charge in [-0.2, -0.15) is 0 Å². The van der Waals surface area contributed by atoms with Crippen LogP contribution in [0.5, 0.6) is 11.5 Å². The summed E-state index contributed by atoms with van der Waals surface area (Å²) < 4.78 is 17.2. The Balaban J connectivity index is 1.43. The van der Waals surface area contributed by atoms with Gasteiger partial charge in [0.05, 0.1) is 19.8 Å². The van der Waals surface area contributed by atoms with E-state index in [4.69, 9.17) is 25.8 Å². The molecular weight excluding hydrogens is 456 g/mol. The van der Waals surface area contributed by atoms with Gasteiger partial charge < -0.3 is 24.0 Å². The number of benzene rings is 2. The van der Waals surface area contributed by atoms with Crippen LogP contribution in [0, 0.1) is 5.41 Å². The zero-order chi connectivity index (χ0) is 23.8. The molecule has 2 aromatic carbocycles.